The van der Waals surface area contributed by atoms with Crippen molar-refractivity contribution in [3.63, 3.8) is 0 Å². The molecule has 0 saturated heterocycles. The quantitative estimate of drug-likeness (QED) is 0.297. The van der Waals surface area contributed by atoms with Crippen molar-refractivity contribution in [2.24, 2.45) is 0 Å². The van der Waals surface area contributed by atoms with E-state index in [0.29, 0.717) is 5.56 Å². The van der Waals surface area contributed by atoms with Crippen LogP contribution in [0.1, 0.15) is 24.2 Å². The molecule has 0 spiro atoms. The highest BCUT2D eigenvalue weighted by Crippen LogP contribution is 2.55. The molecular formula is C32H25NO. The van der Waals surface area contributed by atoms with Crippen LogP contribution in [-0.4, -0.2) is 11.9 Å². The van der Waals surface area contributed by atoms with Gasteiger partial charge in [-0.15, -0.1) is 0 Å². The molecule has 1 N–H and O–H groups in total. The first-order chi connectivity index (χ1) is 16.6. The largest absolute Gasteiger partial charge is 0.350 e. The number of hydrogen-bond donors (Lipinski definition) is 1. The average Bonchev–Trinajstić information content (AvgIpc) is 3.20. The molecule has 5 aromatic carbocycles. The summed E-state index contributed by atoms with van der Waals surface area (Å²) in [5, 5.41) is 5.63. The number of nitrogens with one attached hydrogen (secondary N) is 1. The number of carbonyl (C=O) groups is 1. The van der Waals surface area contributed by atoms with Gasteiger partial charge in [0.1, 0.15) is 0 Å². The van der Waals surface area contributed by atoms with Crippen LogP contribution < -0.4 is 5.32 Å². The maximum Gasteiger partial charge on any atom is 0.252 e. The van der Waals surface area contributed by atoms with Gasteiger partial charge in [-0.1, -0.05) is 97.1 Å². The van der Waals surface area contributed by atoms with Crippen LogP contribution in [0.3, 0.4) is 0 Å². The summed E-state index contributed by atoms with van der Waals surface area (Å²) in [5.74, 6) is -0.0445. The first-order valence-electron chi connectivity index (χ1n) is 11.8. The summed E-state index contributed by atoms with van der Waals surface area (Å²) in [6.45, 7) is 4.00. The molecule has 0 aromatic heterocycles. The highest BCUT2D eigenvalue weighted by atomic mass is 16.1. The van der Waals surface area contributed by atoms with Crippen molar-refractivity contribution >= 4 is 16.7 Å². The fraction of sp³-hybridized carbons (Fsp3) is 0.0938. The summed E-state index contributed by atoms with van der Waals surface area (Å²) in [6.07, 6.45) is 0. The molecule has 0 radical (unpaired) electrons. The molecule has 164 valence electrons. The minimum absolute atomic E-state index is 0.0445. The normalized spacial score (nSPS) is 11.6. The predicted molar refractivity (Wildman–Crippen MR) is 142 cm³/mol. The lowest BCUT2D eigenvalue weighted by Gasteiger charge is -2.21. The van der Waals surface area contributed by atoms with E-state index in [-0.39, 0.29) is 11.9 Å². The highest BCUT2D eigenvalue weighted by molar-refractivity contribution is 6.23. The van der Waals surface area contributed by atoms with Crippen LogP contribution in [0.5, 0.6) is 0 Å². The Bertz CT molecular complexity index is 1540. The minimum atomic E-state index is -0.0445. The van der Waals surface area contributed by atoms with Crippen molar-refractivity contribution in [2.75, 3.05) is 0 Å². The monoisotopic (exact) mass is 439 g/mol. The standard InChI is InChI=1S/C32H25NO/c1-20(2)33-32(34)27-19-26(21-11-5-3-6-12-21)30-24-17-9-15-22-16-10-18-25(28(22)24)31(30)29(27)23-13-7-4-8-14-23/h3-20H,1-2H3,(H,33,34). The van der Waals surface area contributed by atoms with E-state index >= 15 is 0 Å². The van der Waals surface area contributed by atoms with Crippen LogP contribution in [-0.2, 0) is 0 Å². The summed E-state index contributed by atoms with van der Waals surface area (Å²) in [4.78, 5) is 13.6. The SMILES string of the molecule is CC(C)NC(=O)c1cc(-c2ccccc2)c2c(c1-c1ccccc1)-c1cccc3cccc-2c13. The third-order valence-electron chi connectivity index (χ3n) is 6.58. The molecular weight excluding hydrogens is 414 g/mol. The van der Waals surface area contributed by atoms with E-state index < -0.39 is 0 Å². The van der Waals surface area contributed by atoms with Crippen molar-refractivity contribution < 1.29 is 4.79 Å². The number of amides is 1. The smallest absolute Gasteiger partial charge is 0.252 e. The molecule has 2 nitrogen and oxygen atoms in total. The van der Waals surface area contributed by atoms with Crippen molar-refractivity contribution in [3.05, 3.63) is 109 Å². The maximum atomic E-state index is 13.6. The van der Waals surface area contributed by atoms with Gasteiger partial charge in [0, 0.05) is 17.2 Å². The second kappa shape index (κ2) is 8.00. The first-order valence-corrected chi connectivity index (χ1v) is 11.8. The Morgan fingerprint density at radius 3 is 1.82 bits per heavy atom. The molecule has 1 amide bonds. The number of carbonyl (C=O) groups excluding carboxylic acids is 1. The van der Waals surface area contributed by atoms with E-state index in [9.17, 15) is 4.79 Å². The number of fused-ring (bicyclic) bond motifs is 3. The van der Waals surface area contributed by atoms with Crippen molar-refractivity contribution in [2.45, 2.75) is 19.9 Å². The molecule has 1 aliphatic rings. The number of benzene rings is 5. The fourth-order valence-corrected chi connectivity index (χ4v) is 5.26. The van der Waals surface area contributed by atoms with Gasteiger partial charge >= 0.3 is 0 Å². The molecule has 0 bridgehead atoms. The molecule has 6 rings (SSSR count). The van der Waals surface area contributed by atoms with Crippen molar-refractivity contribution in [1.29, 1.82) is 0 Å². The summed E-state index contributed by atoms with van der Waals surface area (Å²) in [6, 6.07) is 35.9. The Kier molecular flexibility index (Phi) is 4.81. The van der Waals surface area contributed by atoms with E-state index in [4.69, 9.17) is 0 Å². The first kappa shape index (κ1) is 20.4. The summed E-state index contributed by atoms with van der Waals surface area (Å²) < 4.78 is 0. The van der Waals surface area contributed by atoms with Gasteiger partial charge < -0.3 is 5.32 Å². The lowest BCUT2D eigenvalue weighted by molar-refractivity contribution is 0.0944. The van der Waals surface area contributed by atoms with Gasteiger partial charge in [-0.3, -0.25) is 4.79 Å². The van der Waals surface area contributed by atoms with Crippen LogP contribution in [0.4, 0.5) is 0 Å². The molecule has 5 aromatic rings. The van der Waals surface area contributed by atoms with Gasteiger partial charge in [-0.25, -0.2) is 0 Å². The van der Waals surface area contributed by atoms with Crippen LogP contribution in [0, 0.1) is 0 Å². The van der Waals surface area contributed by atoms with Crippen LogP contribution in [0.2, 0.25) is 0 Å². The number of hydrogen-bond acceptors (Lipinski definition) is 1. The molecule has 2 heteroatoms. The van der Waals surface area contributed by atoms with Crippen molar-refractivity contribution in [1.82, 2.24) is 5.32 Å². The molecule has 34 heavy (non-hydrogen) atoms. The van der Waals surface area contributed by atoms with E-state index in [0.717, 1.165) is 27.8 Å². The summed E-state index contributed by atoms with van der Waals surface area (Å²) >= 11 is 0. The Morgan fingerprint density at radius 1 is 0.618 bits per heavy atom. The third-order valence-corrected chi connectivity index (χ3v) is 6.58. The van der Waals surface area contributed by atoms with Gasteiger partial charge in [0.25, 0.3) is 5.91 Å². The summed E-state index contributed by atoms with van der Waals surface area (Å²) in [5.41, 5.74) is 9.74. The Labute approximate surface area is 199 Å². The van der Waals surface area contributed by atoms with Crippen LogP contribution in [0.25, 0.3) is 55.3 Å². The topological polar surface area (TPSA) is 29.1 Å². The number of rotatable bonds is 4. The van der Waals surface area contributed by atoms with Gasteiger partial charge in [0.2, 0.25) is 0 Å². The van der Waals surface area contributed by atoms with E-state index in [2.05, 4.69) is 84.2 Å². The van der Waals surface area contributed by atoms with Gasteiger partial charge in [0.15, 0.2) is 0 Å². The van der Waals surface area contributed by atoms with E-state index in [1.807, 2.05) is 38.1 Å². The lowest BCUT2D eigenvalue weighted by atomic mass is 9.84. The predicted octanol–water partition coefficient (Wildman–Crippen LogP) is 7.96. The second-order valence-electron chi connectivity index (χ2n) is 9.17. The Balaban J connectivity index is 1.80. The Morgan fingerprint density at radius 2 is 1.21 bits per heavy atom. The molecule has 0 heterocycles. The lowest BCUT2D eigenvalue weighted by Crippen LogP contribution is -2.30. The zero-order chi connectivity index (χ0) is 23.2. The fourth-order valence-electron chi connectivity index (χ4n) is 5.26. The summed E-state index contributed by atoms with van der Waals surface area (Å²) in [7, 11) is 0. The third kappa shape index (κ3) is 3.14. The van der Waals surface area contributed by atoms with Crippen molar-refractivity contribution in [3.8, 4) is 44.5 Å². The van der Waals surface area contributed by atoms with E-state index in [1.165, 1.54) is 27.5 Å². The zero-order valence-corrected chi connectivity index (χ0v) is 19.3. The molecule has 0 fully saturated rings. The van der Waals surface area contributed by atoms with Gasteiger partial charge in [-0.2, -0.15) is 0 Å². The molecule has 0 saturated carbocycles. The maximum absolute atomic E-state index is 13.6. The minimum Gasteiger partial charge on any atom is -0.350 e. The zero-order valence-electron chi connectivity index (χ0n) is 19.3. The second-order valence-corrected chi connectivity index (χ2v) is 9.17. The molecule has 0 aliphatic heterocycles. The molecule has 0 atom stereocenters. The van der Waals surface area contributed by atoms with E-state index in [1.54, 1.807) is 0 Å². The van der Waals surface area contributed by atoms with Crippen LogP contribution >= 0.6 is 0 Å². The van der Waals surface area contributed by atoms with Gasteiger partial charge in [-0.05, 0) is 69.6 Å². The Hall–Kier alpha value is -4.17. The average molecular weight is 440 g/mol. The van der Waals surface area contributed by atoms with Crippen LogP contribution in [0.15, 0.2) is 103 Å². The molecule has 1 aliphatic carbocycles. The highest BCUT2D eigenvalue weighted by Gasteiger charge is 2.31. The van der Waals surface area contributed by atoms with Gasteiger partial charge in [0.05, 0.1) is 0 Å². The molecule has 0 unspecified atom stereocenters.